The van der Waals surface area contributed by atoms with Crippen LogP contribution in [0.15, 0.2) is 54.6 Å². The van der Waals surface area contributed by atoms with Gasteiger partial charge in [-0.25, -0.2) is 4.39 Å². The van der Waals surface area contributed by atoms with Crippen LogP contribution in [0.4, 0.5) is 4.39 Å². The minimum atomic E-state index is -0.854. The highest BCUT2D eigenvalue weighted by Crippen LogP contribution is 2.25. The first-order valence-electron chi connectivity index (χ1n) is 5.18. The summed E-state index contributed by atoms with van der Waals surface area (Å²) in [6.45, 7) is 0. The largest absolute Gasteiger partial charge is 0.292 e. The second-order valence-corrected chi connectivity index (χ2v) is 4.05. The lowest BCUT2D eigenvalue weighted by atomic mass is 10.0. The number of ketones is 1. The molecule has 0 saturated heterocycles. The van der Waals surface area contributed by atoms with Crippen molar-refractivity contribution < 1.29 is 9.18 Å². The number of hydrogen-bond donors (Lipinski definition) is 0. The van der Waals surface area contributed by atoms with Gasteiger partial charge in [-0.2, -0.15) is 0 Å². The molecular formula is C14H10ClFO. The van der Waals surface area contributed by atoms with Gasteiger partial charge < -0.3 is 0 Å². The van der Waals surface area contributed by atoms with E-state index in [4.69, 9.17) is 11.6 Å². The lowest BCUT2D eigenvalue weighted by molar-refractivity contribution is 0.0983. The third-order valence-electron chi connectivity index (χ3n) is 2.46. The van der Waals surface area contributed by atoms with Crippen molar-refractivity contribution in [1.29, 1.82) is 0 Å². The Hall–Kier alpha value is -1.67. The Morgan fingerprint density at radius 3 is 2.24 bits per heavy atom. The molecule has 0 aliphatic heterocycles. The number of Topliss-reactive ketones (excluding diaryl/α,β-unsaturated/α-hetero) is 1. The van der Waals surface area contributed by atoms with Crippen molar-refractivity contribution >= 4 is 17.4 Å². The summed E-state index contributed by atoms with van der Waals surface area (Å²) in [5.74, 6) is -0.963. The molecule has 0 amide bonds. The first-order valence-corrected chi connectivity index (χ1v) is 5.61. The number of hydrogen-bond acceptors (Lipinski definition) is 1. The molecule has 0 aliphatic rings. The summed E-state index contributed by atoms with van der Waals surface area (Å²) in [4.78, 5) is 12.0. The first kappa shape index (κ1) is 11.8. The molecule has 0 bridgehead atoms. The molecule has 0 spiro atoms. The molecule has 0 aromatic heterocycles. The maximum Gasteiger partial charge on any atom is 0.188 e. The van der Waals surface area contributed by atoms with Crippen LogP contribution in [-0.2, 0) is 0 Å². The summed E-state index contributed by atoms with van der Waals surface area (Å²) in [6.07, 6.45) is 0. The van der Waals surface area contributed by atoms with Crippen molar-refractivity contribution in [3.05, 3.63) is 71.5 Å². The highest BCUT2D eigenvalue weighted by atomic mass is 35.5. The van der Waals surface area contributed by atoms with Crippen molar-refractivity contribution in [3.63, 3.8) is 0 Å². The lowest BCUT2D eigenvalue weighted by Crippen LogP contribution is -2.09. The molecule has 3 heteroatoms. The standard InChI is InChI=1S/C14H10ClFO/c15-13(10-6-2-1-3-7-10)14(17)11-8-4-5-9-12(11)16/h1-9,13H. The Balaban J connectivity index is 2.30. The zero-order chi connectivity index (χ0) is 12.3. The number of benzene rings is 2. The molecular weight excluding hydrogens is 239 g/mol. The number of rotatable bonds is 3. The molecule has 0 radical (unpaired) electrons. The Bertz CT molecular complexity index is 525. The predicted octanol–water partition coefficient (Wildman–Crippen LogP) is 3.99. The van der Waals surface area contributed by atoms with E-state index in [0.29, 0.717) is 5.56 Å². The Morgan fingerprint density at radius 1 is 1.00 bits per heavy atom. The maximum absolute atomic E-state index is 13.4. The monoisotopic (exact) mass is 248 g/mol. The number of halogens is 2. The van der Waals surface area contributed by atoms with Gasteiger partial charge in [0.1, 0.15) is 11.2 Å². The van der Waals surface area contributed by atoms with E-state index in [1.165, 1.54) is 18.2 Å². The lowest BCUT2D eigenvalue weighted by Gasteiger charge is -2.09. The zero-order valence-corrected chi connectivity index (χ0v) is 9.69. The van der Waals surface area contributed by atoms with Crippen LogP contribution >= 0.6 is 11.6 Å². The molecule has 17 heavy (non-hydrogen) atoms. The van der Waals surface area contributed by atoms with E-state index in [1.54, 1.807) is 30.3 Å². The fourth-order valence-electron chi connectivity index (χ4n) is 1.57. The van der Waals surface area contributed by atoms with Crippen LogP contribution in [0.2, 0.25) is 0 Å². The van der Waals surface area contributed by atoms with Crippen molar-refractivity contribution in [2.24, 2.45) is 0 Å². The molecule has 1 atom stereocenters. The average molecular weight is 249 g/mol. The van der Waals surface area contributed by atoms with E-state index in [-0.39, 0.29) is 5.56 Å². The normalized spacial score (nSPS) is 12.1. The molecule has 0 saturated carbocycles. The third-order valence-corrected chi connectivity index (χ3v) is 2.91. The molecule has 1 unspecified atom stereocenters. The molecule has 2 aromatic carbocycles. The van der Waals surface area contributed by atoms with Gasteiger partial charge in [-0.3, -0.25) is 4.79 Å². The van der Waals surface area contributed by atoms with Crippen LogP contribution in [0.5, 0.6) is 0 Å². The molecule has 0 fully saturated rings. The molecule has 86 valence electrons. The van der Waals surface area contributed by atoms with Crippen LogP contribution in [0.3, 0.4) is 0 Å². The van der Waals surface area contributed by atoms with Gasteiger partial charge in [0.2, 0.25) is 0 Å². The highest BCUT2D eigenvalue weighted by Gasteiger charge is 2.21. The van der Waals surface area contributed by atoms with Crippen LogP contribution in [0.1, 0.15) is 21.3 Å². The van der Waals surface area contributed by atoms with Gasteiger partial charge in [0.05, 0.1) is 5.56 Å². The molecule has 2 rings (SSSR count). The summed E-state index contributed by atoms with van der Waals surface area (Å²) >= 11 is 6.05. The fourth-order valence-corrected chi connectivity index (χ4v) is 1.83. The number of carbonyl (C=O) groups excluding carboxylic acids is 1. The predicted molar refractivity (Wildman–Crippen MR) is 65.8 cm³/mol. The quantitative estimate of drug-likeness (QED) is 0.593. The summed E-state index contributed by atoms with van der Waals surface area (Å²) in [6, 6.07) is 14.8. The van der Waals surface area contributed by atoms with Crippen LogP contribution in [0, 0.1) is 5.82 Å². The summed E-state index contributed by atoms with van der Waals surface area (Å²) in [5, 5.41) is -0.854. The number of carbonyl (C=O) groups is 1. The first-order chi connectivity index (χ1) is 8.20. The van der Waals surface area contributed by atoms with Crippen molar-refractivity contribution in [2.75, 3.05) is 0 Å². The van der Waals surface area contributed by atoms with Gasteiger partial charge in [0, 0.05) is 0 Å². The van der Waals surface area contributed by atoms with Gasteiger partial charge in [-0.1, -0.05) is 42.5 Å². The Labute approximate surface area is 104 Å². The topological polar surface area (TPSA) is 17.1 Å². The minimum absolute atomic E-state index is 0.0244. The zero-order valence-electron chi connectivity index (χ0n) is 8.94. The van der Waals surface area contributed by atoms with Crippen LogP contribution < -0.4 is 0 Å². The van der Waals surface area contributed by atoms with Gasteiger partial charge in [-0.15, -0.1) is 11.6 Å². The Morgan fingerprint density at radius 2 is 1.59 bits per heavy atom. The molecule has 2 aromatic rings. The maximum atomic E-state index is 13.4. The molecule has 1 nitrogen and oxygen atoms in total. The average Bonchev–Trinajstić information content (AvgIpc) is 2.39. The molecule has 0 N–H and O–H groups in total. The summed E-state index contributed by atoms with van der Waals surface area (Å²) in [7, 11) is 0. The van der Waals surface area contributed by atoms with Crippen LogP contribution in [0.25, 0.3) is 0 Å². The van der Waals surface area contributed by atoms with Crippen molar-refractivity contribution in [1.82, 2.24) is 0 Å². The van der Waals surface area contributed by atoms with Gasteiger partial charge in [0.15, 0.2) is 5.78 Å². The number of alkyl halides is 1. The van der Waals surface area contributed by atoms with Gasteiger partial charge in [-0.05, 0) is 17.7 Å². The Kier molecular flexibility index (Phi) is 3.55. The SMILES string of the molecule is O=C(c1ccccc1F)C(Cl)c1ccccc1. The van der Waals surface area contributed by atoms with E-state index < -0.39 is 17.0 Å². The second-order valence-electron chi connectivity index (χ2n) is 3.62. The van der Waals surface area contributed by atoms with E-state index in [9.17, 15) is 9.18 Å². The summed E-state index contributed by atoms with van der Waals surface area (Å²) in [5.41, 5.74) is 0.693. The van der Waals surface area contributed by atoms with Gasteiger partial charge >= 0.3 is 0 Å². The van der Waals surface area contributed by atoms with E-state index in [0.717, 1.165) is 0 Å². The smallest absolute Gasteiger partial charge is 0.188 e. The highest BCUT2D eigenvalue weighted by molar-refractivity contribution is 6.33. The molecule has 0 heterocycles. The fraction of sp³-hybridized carbons (Fsp3) is 0.0714. The van der Waals surface area contributed by atoms with Crippen molar-refractivity contribution in [2.45, 2.75) is 5.38 Å². The van der Waals surface area contributed by atoms with Crippen molar-refractivity contribution in [3.8, 4) is 0 Å². The summed E-state index contributed by atoms with van der Waals surface area (Å²) < 4.78 is 13.4. The van der Waals surface area contributed by atoms with E-state index >= 15 is 0 Å². The third kappa shape index (κ3) is 2.53. The van der Waals surface area contributed by atoms with E-state index in [1.807, 2.05) is 6.07 Å². The minimum Gasteiger partial charge on any atom is -0.292 e. The van der Waals surface area contributed by atoms with E-state index in [2.05, 4.69) is 0 Å². The molecule has 0 aliphatic carbocycles. The second kappa shape index (κ2) is 5.11. The van der Waals surface area contributed by atoms with Gasteiger partial charge in [0.25, 0.3) is 0 Å². The van der Waals surface area contributed by atoms with Crippen LogP contribution in [-0.4, -0.2) is 5.78 Å².